The van der Waals surface area contributed by atoms with Crippen LogP contribution in [0, 0.1) is 0 Å². The molecule has 1 nitrogen and oxygen atoms in total. The second-order valence-electron chi connectivity index (χ2n) is 5.22. The van der Waals surface area contributed by atoms with Crippen molar-refractivity contribution in [1.82, 2.24) is 0 Å². The van der Waals surface area contributed by atoms with E-state index in [-0.39, 0.29) is 0 Å². The summed E-state index contributed by atoms with van der Waals surface area (Å²) in [5, 5.41) is 0. The second-order valence-corrected chi connectivity index (χ2v) is 31.8. The molecule has 1 N–H and O–H groups in total. The molecule has 0 aromatic heterocycles. The van der Waals surface area contributed by atoms with Crippen LogP contribution in [0.2, 0.25) is 10.9 Å². The Morgan fingerprint density at radius 1 is 1.15 bits per heavy atom. The van der Waals surface area contributed by atoms with Gasteiger partial charge in [0.25, 0.3) is 0 Å². The van der Waals surface area contributed by atoms with Crippen LogP contribution >= 0.6 is 27.3 Å². The van der Waals surface area contributed by atoms with Crippen LogP contribution in [0.3, 0.4) is 0 Å². The van der Waals surface area contributed by atoms with Gasteiger partial charge in [0.1, 0.15) is 0 Å². The number of unbranched alkanes of at least 4 members (excludes halogenated alkanes) is 2. The fourth-order valence-corrected chi connectivity index (χ4v) is 7.62. The first-order chi connectivity index (χ1) is 9.17. The van der Waals surface area contributed by atoms with E-state index in [0.29, 0.717) is 0 Å². The van der Waals surface area contributed by atoms with Crippen LogP contribution in [-0.4, -0.2) is 17.2 Å². The van der Waals surface area contributed by atoms with Crippen molar-refractivity contribution in [3.8, 4) is 0 Å². The van der Waals surface area contributed by atoms with E-state index < -0.39 is 20.2 Å². The van der Waals surface area contributed by atoms with Crippen LogP contribution < -0.4 is 0 Å². The molecule has 0 spiro atoms. The Morgan fingerprint density at radius 2 is 1.65 bits per heavy atom. The van der Waals surface area contributed by atoms with Gasteiger partial charge in [-0.1, -0.05) is 26.7 Å². The van der Waals surface area contributed by atoms with Gasteiger partial charge in [-0.15, -0.1) is 0 Å². The quantitative estimate of drug-likeness (QED) is 0.362. The summed E-state index contributed by atoms with van der Waals surface area (Å²) < 4.78 is 1.25. The first kappa shape index (κ1) is 21.1. The number of rotatable bonds is 7. The van der Waals surface area contributed by atoms with Gasteiger partial charge in [-0.2, -0.15) is 0 Å². The van der Waals surface area contributed by atoms with Gasteiger partial charge in [0.15, 0.2) is 0 Å². The van der Waals surface area contributed by atoms with Crippen LogP contribution in [0.5, 0.6) is 0 Å². The molecule has 0 aliphatic heterocycles. The van der Waals surface area contributed by atoms with Crippen molar-refractivity contribution >= 4 is 27.3 Å². The molecular weight excluding hydrogens is 490 g/mol. The van der Waals surface area contributed by atoms with Crippen molar-refractivity contribution in [3.05, 3.63) is 22.3 Å². The molecule has 0 unspecified atom stereocenters. The molecular formula is C15H30Cl2IrOP. The monoisotopic (exact) mass is 520 g/mol. The zero-order valence-corrected chi connectivity index (χ0v) is 18.0. The zero-order chi connectivity index (χ0) is 15.7. The van der Waals surface area contributed by atoms with Gasteiger partial charge in [-0.05, 0) is 25.2 Å². The first-order valence-corrected chi connectivity index (χ1v) is 20.6. The van der Waals surface area contributed by atoms with Crippen molar-refractivity contribution in [2.24, 2.45) is 0 Å². The summed E-state index contributed by atoms with van der Waals surface area (Å²) in [4.78, 5) is 9.38. The van der Waals surface area contributed by atoms with Gasteiger partial charge < -0.3 is 4.89 Å². The Hall–Kier alpha value is 1.10. The van der Waals surface area contributed by atoms with Gasteiger partial charge in [-0.25, -0.2) is 0 Å². The third-order valence-electron chi connectivity index (χ3n) is 2.84. The third-order valence-corrected chi connectivity index (χ3v) is 12.3. The molecule has 0 aromatic carbocycles. The molecule has 0 heterocycles. The fraction of sp³-hybridized carbons (Fsp3) is 0.733. The van der Waals surface area contributed by atoms with Gasteiger partial charge in [0.05, 0.1) is 0 Å². The molecule has 0 saturated carbocycles. The molecule has 0 bridgehead atoms. The van der Waals surface area contributed by atoms with Gasteiger partial charge in [0.2, 0.25) is 0 Å². The molecule has 1 aliphatic rings. The zero-order valence-electron chi connectivity index (χ0n) is 13.2. The first-order valence-electron chi connectivity index (χ1n) is 7.05. The van der Waals surface area contributed by atoms with Crippen LogP contribution in [0.1, 0.15) is 46.0 Å². The summed E-state index contributed by atoms with van der Waals surface area (Å²) in [5.41, 5.74) is 4.00. The Bertz CT molecular complexity index is 317. The molecule has 5 heteroatoms. The van der Waals surface area contributed by atoms with E-state index in [4.69, 9.17) is 19.2 Å². The Kier molecular flexibility index (Phi) is 10.5. The van der Waals surface area contributed by atoms with E-state index in [1.807, 2.05) is 17.0 Å². The SMILES string of the molecule is CCCCP(O)CCCC.[CH3][Ir]([CH3])([Cl])([Cl])[C]1=CC=CC1. The molecule has 0 saturated heterocycles. The van der Waals surface area contributed by atoms with Gasteiger partial charge in [-0.3, -0.25) is 0 Å². The molecule has 0 atom stereocenters. The summed E-state index contributed by atoms with van der Waals surface area (Å²) in [6, 6.07) is 0. The van der Waals surface area contributed by atoms with Gasteiger partial charge in [0, 0.05) is 8.15 Å². The van der Waals surface area contributed by atoms with Crippen LogP contribution in [0.15, 0.2) is 22.3 Å². The number of allylic oxidation sites excluding steroid dienone is 4. The molecule has 1 aliphatic carbocycles. The van der Waals surface area contributed by atoms with Crippen molar-refractivity contribution < 1.29 is 16.9 Å². The Morgan fingerprint density at radius 3 is 1.90 bits per heavy atom. The summed E-state index contributed by atoms with van der Waals surface area (Å²) >= 11 is -3.07. The summed E-state index contributed by atoms with van der Waals surface area (Å²) in [6.45, 7) is 4.34. The molecule has 0 aromatic rings. The van der Waals surface area contributed by atoms with Crippen LogP contribution in [0.4, 0.5) is 0 Å². The van der Waals surface area contributed by atoms with E-state index in [1.165, 1.54) is 29.8 Å². The van der Waals surface area contributed by atoms with E-state index in [0.717, 1.165) is 18.7 Å². The summed E-state index contributed by atoms with van der Waals surface area (Å²) in [6.07, 6.45) is 14.1. The number of hydrogen-bond acceptors (Lipinski definition) is 1. The fourth-order valence-electron chi connectivity index (χ4n) is 1.55. The second kappa shape index (κ2) is 9.98. The van der Waals surface area contributed by atoms with Crippen LogP contribution in [-0.2, 0) is 12.1 Å². The number of halogens is 2. The molecule has 0 radical (unpaired) electrons. The summed E-state index contributed by atoms with van der Waals surface area (Å²) in [5.74, 6) is 0. The van der Waals surface area contributed by atoms with Crippen molar-refractivity contribution in [2.45, 2.75) is 56.8 Å². The van der Waals surface area contributed by atoms with E-state index in [9.17, 15) is 4.89 Å². The minimum absolute atomic E-state index is 0.592. The minimum atomic E-state index is -3.07. The maximum absolute atomic E-state index is 9.38. The average molecular weight is 521 g/mol. The molecule has 124 valence electrons. The van der Waals surface area contributed by atoms with Crippen molar-refractivity contribution in [2.75, 3.05) is 12.3 Å². The van der Waals surface area contributed by atoms with Crippen LogP contribution in [0.25, 0.3) is 0 Å². The van der Waals surface area contributed by atoms with E-state index in [1.54, 1.807) is 0 Å². The molecule has 20 heavy (non-hydrogen) atoms. The third kappa shape index (κ3) is 10.8. The maximum atomic E-state index is 9.38. The average Bonchev–Trinajstić information content (AvgIpc) is 2.87. The van der Waals surface area contributed by atoms with E-state index in [2.05, 4.69) is 26.0 Å². The van der Waals surface area contributed by atoms with Crippen molar-refractivity contribution in [3.63, 3.8) is 0 Å². The van der Waals surface area contributed by atoms with Crippen molar-refractivity contribution in [1.29, 1.82) is 0 Å². The van der Waals surface area contributed by atoms with E-state index >= 15 is 0 Å². The standard InChI is InChI=1S/C8H19OP.C5H5.2CH3.2ClH.Ir/c1-3-5-7-10(9)8-6-4-2;1-2-4-5-3-1;;;;;/h9H,3-8H2,1-2H3;1-3H,4H2;2*1H3;2*1H;/q;;;;;;+2/p-2. The number of hydrogen-bond donors (Lipinski definition) is 1. The molecule has 0 fully saturated rings. The van der Waals surface area contributed by atoms with Gasteiger partial charge >= 0.3 is 70.8 Å². The predicted molar refractivity (Wildman–Crippen MR) is 94.0 cm³/mol. The Balaban J connectivity index is 0.000000361. The predicted octanol–water partition coefficient (Wildman–Crippen LogP) is 6.90. The molecule has 1 rings (SSSR count). The molecule has 0 amide bonds. The Labute approximate surface area is 135 Å². The topological polar surface area (TPSA) is 20.2 Å². The normalized spacial score (nSPS) is 16.4. The summed E-state index contributed by atoms with van der Waals surface area (Å²) in [7, 11) is 11.9.